The van der Waals surface area contributed by atoms with E-state index in [0.717, 1.165) is 0 Å². The molecule has 0 aliphatic heterocycles. The van der Waals surface area contributed by atoms with E-state index >= 15 is 0 Å². The Balaban J connectivity index is 3.18. The monoisotopic (exact) mass is 222 g/mol. The van der Waals surface area contributed by atoms with Crippen LogP contribution in [-0.4, -0.2) is 11.1 Å². The van der Waals surface area contributed by atoms with E-state index < -0.39 is 11.4 Å². The van der Waals surface area contributed by atoms with Gasteiger partial charge in [-0.05, 0) is 29.2 Å². The normalized spacial score (nSPS) is 12.6. The van der Waals surface area contributed by atoms with Crippen molar-refractivity contribution in [1.82, 2.24) is 0 Å². The molecule has 0 atom stereocenters. The molecule has 16 heavy (non-hydrogen) atoms. The molecule has 0 bridgehead atoms. The molecule has 0 aliphatic carbocycles. The Kier molecular flexibility index (Phi) is 3.48. The Morgan fingerprint density at radius 1 is 1.38 bits per heavy atom. The maximum absolute atomic E-state index is 12.9. The molecular formula is C13H15FO2. The Morgan fingerprint density at radius 3 is 2.44 bits per heavy atom. The summed E-state index contributed by atoms with van der Waals surface area (Å²) in [6.45, 7) is 5.44. The van der Waals surface area contributed by atoms with Gasteiger partial charge in [-0.2, -0.15) is 0 Å². The summed E-state index contributed by atoms with van der Waals surface area (Å²) in [5.74, 6) is -1.34. The molecule has 1 aromatic carbocycles. The van der Waals surface area contributed by atoms with E-state index in [1.165, 1.54) is 18.2 Å². The van der Waals surface area contributed by atoms with Crippen molar-refractivity contribution in [1.29, 1.82) is 0 Å². The highest BCUT2D eigenvalue weighted by atomic mass is 19.1. The van der Waals surface area contributed by atoms with Gasteiger partial charge in [0.2, 0.25) is 0 Å². The van der Waals surface area contributed by atoms with E-state index in [9.17, 15) is 9.18 Å². The first-order valence-electron chi connectivity index (χ1n) is 5.02. The van der Waals surface area contributed by atoms with Crippen LogP contribution in [0.2, 0.25) is 0 Å². The summed E-state index contributed by atoms with van der Waals surface area (Å²) >= 11 is 0. The zero-order valence-corrected chi connectivity index (χ0v) is 9.62. The zero-order valence-electron chi connectivity index (χ0n) is 9.62. The minimum absolute atomic E-state index is 0.262. The van der Waals surface area contributed by atoms with Crippen molar-refractivity contribution < 1.29 is 14.3 Å². The maximum Gasteiger partial charge on any atom is 0.332 e. The van der Waals surface area contributed by atoms with Crippen LogP contribution in [0.25, 0.3) is 6.08 Å². The molecule has 0 spiro atoms. The summed E-state index contributed by atoms with van der Waals surface area (Å²) in [5.41, 5.74) is 0.350. The summed E-state index contributed by atoms with van der Waals surface area (Å²) in [5, 5.41) is 9.08. The number of carboxylic acid groups (broad SMARTS) is 1. The van der Waals surface area contributed by atoms with Gasteiger partial charge in [-0.25, -0.2) is 9.18 Å². The number of benzene rings is 1. The molecule has 0 saturated carbocycles. The summed E-state index contributed by atoms with van der Waals surface area (Å²) in [7, 11) is 0. The zero-order chi connectivity index (χ0) is 12.3. The minimum atomic E-state index is -0.975. The smallest absolute Gasteiger partial charge is 0.332 e. The number of hydrogen-bond acceptors (Lipinski definition) is 1. The quantitative estimate of drug-likeness (QED) is 0.779. The first-order valence-corrected chi connectivity index (χ1v) is 5.02. The first kappa shape index (κ1) is 12.4. The first-order chi connectivity index (χ1) is 7.30. The van der Waals surface area contributed by atoms with Crippen molar-refractivity contribution in [2.75, 3.05) is 0 Å². The van der Waals surface area contributed by atoms with Crippen LogP contribution in [0.5, 0.6) is 0 Å². The van der Waals surface area contributed by atoms with E-state index in [1.54, 1.807) is 12.1 Å². The summed E-state index contributed by atoms with van der Waals surface area (Å²) in [6, 6.07) is 5.88. The summed E-state index contributed by atoms with van der Waals surface area (Å²) < 4.78 is 12.9. The molecular weight excluding hydrogens is 207 g/mol. The van der Waals surface area contributed by atoms with Gasteiger partial charge in [-0.15, -0.1) is 0 Å². The highest BCUT2D eigenvalue weighted by Gasteiger charge is 2.23. The molecule has 0 radical (unpaired) electrons. The number of aliphatic carboxylic acids is 1. The van der Waals surface area contributed by atoms with E-state index in [0.29, 0.717) is 5.56 Å². The third kappa shape index (κ3) is 3.19. The molecule has 3 heteroatoms. The predicted molar refractivity (Wildman–Crippen MR) is 61.5 cm³/mol. The Morgan fingerprint density at radius 2 is 2.00 bits per heavy atom. The standard InChI is InChI=1S/C13H15FO2/c1-13(2,3)11(12(15)16)8-9-5-4-6-10(14)7-9/h4-8H,1-3H3,(H,15,16)/b11-8+. The van der Waals surface area contributed by atoms with Crippen LogP contribution in [0.4, 0.5) is 4.39 Å². The fourth-order valence-electron chi connectivity index (χ4n) is 1.36. The van der Waals surface area contributed by atoms with Crippen molar-refractivity contribution in [3.8, 4) is 0 Å². The molecule has 0 unspecified atom stereocenters. The van der Waals surface area contributed by atoms with Crippen LogP contribution in [0.3, 0.4) is 0 Å². The molecule has 86 valence electrons. The minimum Gasteiger partial charge on any atom is -0.478 e. The lowest BCUT2D eigenvalue weighted by Crippen LogP contribution is -2.17. The molecule has 0 amide bonds. The van der Waals surface area contributed by atoms with Crippen LogP contribution >= 0.6 is 0 Å². The Bertz CT molecular complexity index is 428. The second-order valence-electron chi connectivity index (χ2n) is 4.67. The predicted octanol–water partition coefficient (Wildman–Crippen LogP) is 3.34. The molecule has 0 aromatic heterocycles. The van der Waals surface area contributed by atoms with E-state index in [-0.39, 0.29) is 11.4 Å². The maximum atomic E-state index is 12.9. The molecule has 0 heterocycles. The highest BCUT2D eigenvalue weighted by molar-refractivity contribution is 5.93. The van der Waals surface area contributed by atoms with Crippen LogP contribution in [0, 0.1) is 11.2 Å². The van der Waals surface area contributed by atoms with Gasteiger partial charge >= 0.3 is 5.97 Å². The van der Waals surface area contributed by atoms with E-state index in [4.69, 9.17) is 5.11 Å². The number of rotatable bonds is 2. The molecule has 1 aromatic rings. The number of hydrogen-bond donors (Lipinski definition) is 1. The fraction of sp³-hybridized carbons (Fsp3) is 0.308. The average molecular weight is 222 g/mol. The van der Waals surface area contributed by atoms with Crippen molar-refractivity contribution in [2.24, 2.45) is 5.41 Å². The fourth-order valence-corrected chi connectivity index (χ4v) is 1.36. The third-order valence-electron chi connectivity index (χ3n) is 2.20. The second kappa shape index (κ2) is 4.47. The van der Waals surface area contributed by atoms with E-state index in [1.807, 2.05) is 20.8 Å². The van der Waals surface area contributed by atoms with Gasteiger partial charge in [-0.3, -0.25) is 0 Å². The topological polar surface area (TPSA) is 37.3 Å². The molecule has 1 rings (SSSR count). The van der Waals surface area contributed by atoms with E-state index in [2.05, 4.69) is 0 Å². The van der Waals surface area contributed by atoms with Gasteiger partial charge < -0.3 is 5.11 Å². The average Bonchev–Trinajstić information content (AvgIpc) is 2.12. The van der Waals surface area contributed by atoms with Gasteiger partial charge in [0.05, 0.1) is 0 Å². The lowest BCUT2D eigenvalue weighted by Gasteiger charge is -2.19. The number of halogens is 1. The highest BCUT2D eigenvalue weighted by Crippen LogP contribution is 2.27. The Labute approximate surface area is 94.4 Å². The SMILES string of the molecule is CC(C)(C)/C(=C/c1cccc(F)c1)C(=O)O. The van der Waals surface area contributed by atoms with Gasteiger partial charge in [-0.1, -0.05) is 32.9 Å². The molecule has 0 fully saturated rings. The number of carboxylic acids is 1. The number of carbonyl (C=O) groups is 1. The van der Waals surface area contributed by atoms with Crippen LogP contribution in [0.1, 0.15) is 26.3 Å². The van der Waals surface area contributed by atoms with Gasteiger partial charge in [0.25, 0.3) is 0 Å². The second-order valence-corrected chi connectivity index (χ2v) is 4.67. The lowest BCUT2D eigenvalue weighted by atomic mass is 9.85. The molecule has 1 N–H and O–H groups in total. The molecule has 0 aliphatic rings. The summed E-state index contributed by atoms with van der Waals surface area (Å²) in [4.78, 5) is 11.1. The van der Waals surface area contributed by atoms with Crippen molar-refractivity contribution in [3.05, 3.63) is 41.2 Å². The van der Waals surface area contributed by atoms with Crippen LogP contribution in [0.15, 0.2) is 29.8 Å². The Hall–Kier alpha value is -1.64. The van der Waals surface area contributed by atoms with Gasteiger partial charge in [0.15, 0.2) is 0 Å². The van der Waals surface area contributed by atoms with Crippen LogP contribution in [-0.2, 0) is 4.79 Å². The van der Waals surface area contributed by atoms with Crippen LogP contribution < -0.4 is 0 Å². The molecule has 0 saturated heterocycles. The summed E-state index contributed by atoms with van der Waals surface area (Å²) in [6.07, 6.45) is 1.51. The van der Waals surface area contributed by atoms with Crippen molar-refractivity contribution in [3.63, 3.8) is 0 Å². The van der Waals surface area contributed by atoms with Gasteiger partial charge in [0, 0.05) is 5.57 Å². The third-order valence-corrected chi connectivity index (χ3v) is 2.20. The largest absolute Gasteiger partial charge is 0.478 e. The van der Waals surface area contributed by atoms with Crippen molar-refractivity contribution in [2.45, 2.75) is 20.8 Å². The van der Waals surface area contributed by atoms with Crippen molar-refractivity contribution >= 4 is 12.0 Å². The van der Waals surface area contributed by atoms with Gasteiger partial charge in [0.1, 0.15) is 5.82 Å². The molecule has 2 nitrogen and oxygen atoms in total. The lowest BCUT2D eigenvalue weighted by molar-refractivity contribution is -0.133.